The van der Waals surface area contributed by atoms with Crippen LogP contribution in [0.3, 0.4) is 0 Å². The normalized spacial score (nSPS) is 10.8. The Labute approximate surface area is 150 Å². The van der Waals surface area contributed by atoms with Crippen LogP contribution in [-0.4, -0.2) is 20.0 Å². The van der Waals surface area contributed by atoms with E-state index < -0.39 is 0 Å². The number of carbonyl (C=O) groups is 1. The van der Waals surface area contributed by atoms with Gasteiger partial charge in [-0.15, -0.1) is 0 Å². The Bertz CT molecular complexity index is 792. The van der Waals surface area contributed by atoms with Crippen LogP contribution in [0.4, 0.5) is 5.69 Å². The minimum atomic E-state index is -0.380. The third-order valence-corrected chi connectivity index (χ3v) is 4.06. The number of hydrogen-bond acceptors (Lipinski definition) is 3. The standard InChI is InChI=1S/C19H18BrN3O/c1-23(2)18-9-8-15(11-17(18)20)10-16(12-21)19(24)22-13-14-6-4-3-5-7-14/h3-11H,13H2,1-2H3,(H,22,24)/b16-10+. The molecule has 1 amide bonds. The summed E-state index contributed by atoms with van der Waals surface area (Å²) in [6, 6.07) is 17.3. The van der Waals surface area contributed by atoms with Crippen molar-refractivity contribution in [1.29, 1.82) is 5.26 Å². The Morgan fingerprint density at radius 2 is 1.96 bits per heavy atom. The van der Waals surface area contributed by atoms with Crippen LogP contribution >= 0.6 is 15.9 Å². The summed E-state index contributed by atoms with van der Waals surface area (Å²) in [7, 11) is 3.90. The molecule has 2 rings (SSSR count). The number of nitrogens with one attached hydrogen (secondary N) is 1. The fraction of sp³-hybridized carbons (Fsp3) is 0.158. The fourth-order valence-corrected chi connectivity index (χ4v) is 2.92. The number of nitriles is 1. The van der Waals surface area contributed by atoms with Gasteiger partial charge in [-0.2, -0.15) is 5.26 Å². The van der Waals surface area contributed by atoms with E-state index in [0.717, 1.165) is 21.3 Å². The summed E-state index contributed by atoms with van der Waals surface area (Å²) in [4.78, 5) is 14.2. The summed E-state index contributed by atoms with van der Waals surface area (Å²) in [6.07, 6.45) is 1.59. The molecule has 0 unspecified atom stereocenters. The van der Waals surface area contributed by atoms with E-state index in [1.165, 1.54) is 0 Å². The average Bonchev–Trinajstić information content (AvgIpc) is 2.58. The predicted molar refractivity (Wildman–Crippen MR) is 100 cm³/mol. The molecule has 0 spiro atoms. The Morgan fingerprint density at radius 3 is 2.54 bits per heavy atom. The summed E-state index contributed by atoms with van der Waals surface area (Å²) in [5.74, 6) is -0.380. The molecule has 24 heavy (non-hydrogen) atoms. The lowest BCUT2D eigenvalue weighted by Gasteiger charge is -2.14. The van der Waals surface area contributed by atoms with Gasteiger partial charge in [-0.25, -0.2) is 0 Å². The zero-order valence-electron chi connectivity index (χ0n) is 13.6. The minimum Gasteiger partial charge on any atom is -0.377 e. The van der Waals surface area contributed by atoms with Crippen molar-refractivity contribution in [3.63, 3.8) is 0 Å². The molecule has 0 radical (unpaired) electrons. The molecular weight excluding hydrogens is 366 g/mol. The van der Waals surface area contributed by atoms with Crippen LogP contribution in [0.15, 0.2) is 58.6 Å². The van der Waals surface area contributed by atoms with Crippen molar-refractivity contribution >= 4 is 33.6 Å². The highest BCUT2D eigenvalue weighted by Crippen LogP contribution is 2.26. The first-order valence-corrected chi connectivity index (χ1v) is 8.21. The van der Waals surface area contributed by atoms with E-state index in [-0.39, 0.29) is 11.5 Å². The molecule has 1 N–H and O–H groups in total. The van der Waals surface area contributed by atoms with Gasteiger partial charge < -0.3 is 10.2 Å². The van der Waals surface area contributed by atoms with Crippen molar-refractivity contribution in [2.45, 2.75) is 6.54 Å². The molecule has 0 aliphatic carbocycles. The van der Waals surface area contributed by atoms with E-state index in [0.29, 0.717) is 6.54 Å². The number of benzene rings is 2. The van der Waals surface area contributed by atoms with Gasteiger partial charge in [0.05, 0.1) is 5.69 Å². The summed E-state index contributed by atoms with van der Waals surface area (Å²) in [6.45, 7) is 0.391. The highest BCUT2D eigenvalue weighted by Gasteiger charge is 2.09. The van der Waals surface area contributed by atoms with Crippen LogP contribution in [0, 0.1) is 11.3 Å². The molecular formula is C19H18BrN3O. The first-order valence-electron chi connectivity index (χ1n) is 7.42. The van der Waals surface area contributed by atoms with E-state index in [2.05, 4.69) is 21.2 Å². The molecule has 2 aromatic carbocycles. The first-order chi connectivity index (χ1) is 11.5. The number of halogens is 1. The number of amides is 1. The van der Waals surface area contributed by atoms with Crippen LogP contribution in [0.25, 0.3) is 6.08 Å². The molecule has 0 saturated heterocycles. The second-order valence-corrected chi connectivity index (χ2v) is 6.30. The summed E-state index contributed by atoms with van der Waals surface area (Å²) in [5, 5.41) is 12.0. The molecule has 0 aliphatic rings. The molecule has 0 saturated carbocycles. The molecule has 0 fully saturated rings. The lowest BCUT2D eigenvalue weighted by atomic mass is 10.1. The maximum absolute atomic E-state index is 12.2. The van der Waals surface area contributed by atoms with Gasteiger partial charge in [0.1, 0.15) is 11.6 Å². The van der Waals surface area contributed by atoms with Gasteiger partial charge >= 0.3 is 0 Å². The van der Waals surface area contributed by atoms with Gasteiger partial charge in [0, 0.05) is 25.1 Å². The number of carbonyl (C=O) groups excluding carboxylic acids is 1. The van der Waals surface area contributed by atoms with E-state index in [9.17, 15) is 10.1 Å². The zero-order valence-corrected chi connectivity index (χ0v) is 15.2. The van der Waals surface area contributed by atoms with Crippen molar-refractivity contribution in [2.24, 2.45) is 0 Å². The Morgan fingerprint density at radius 1 is 1.25 bits per heavy atom. The summed E-state index contributed by atoms with van der Waals surface area (Å²) < 4.78 is 0.906. The van der Waals surface area contributed by atoms with Crippen LogP contribution in [0.1, 0.15) is 11.1 Å². The van der Waals surface area contributed by atoms with Crippen molar-refractivity contribution in [3.05, 3.63) is 69.7 Å². The number of hydrogen-bond donors (Lipinski definition) is 1. The average molecular weight is 384 g/mol. The minimum absolute atomic E-state index is 0.0791. The lowest BCUT2D eigenvalue weighted by molar-refractivity contribution is -0.117. The third kappa shape index (κ3) is 4.71. The van der Waals surface area contributed by atoms with Crippen LogP contribution < -0.4 is 10.2 Å². The zero-order chi connectivity index (χ0) is 17.5. The molecule has 2 aromatic rings. The molecule has 0 bridgehead atoms. The topological polar surface area (TPSA) is 56.1 Å². The van der Waals surface area contributed by atoms with Crippen molar-refractivity contribution in [3.8, 4) is 6.07 Å². The molecule has 5 heteroatoms. The van der Waals surface area contributed by atoms with E-state index in [4.69, 9.17) is 0 Å². The molecule has 0 aromatic heterocycles. The van der Waals surface area contributed by atoms with Crippen LogP contribution in [0.2, 0.25) is 0 Å². The molecule has 0 aliphatic heterocycles. The Balaban J connectivity index is 2.12. The number of anilines is 1. The summed E-state index contributed by atoms with van der Waals surface area (Å²) in [5.41, 5.74) is 2.88. The largest absolute Gasteiger partial charge is 0.377 e. The predicted octanol–water partition coefficient (Wildman–Crippen LogP) is 3.74. The SMILES string of the molecule is CN(C)c1ccc(/C=C(\C#N)C(=O)NCc2ccccc2)cc1Br. The fourth-order valence-electron chi connectivity index (χ4n) is 2.16. The quantitative estimate of drug-likeness (QED) is 0.631. The molecule has 4 nitrogen and oxygen atoms in total. The van der Waals surface area contributed by atoms with Gasteiger partial charge in [0.15, 0.2) is 0 Å². The molecule has 122 valence electrons. The lowest BCUT2D eigenvalue weighted by Crippen LogP contribution is -2.23. The highest BCUT2D eigenvalue weighted by molar-refractivity contribution is 9.10. The van der Waals surface area contributed by atoms with Gasteiger partial charge in [0.25, 0.3) is 5.91 Å². The molecule has 0 heterocycles. The van der Waals surface area contributed by atoms with Crippen molar-refractivity contribution in [1.82, 2.24) is 5.32 Å². The Hall–Kier alpha value is -2.58. The van der Waals surface area contributed by atoms with E-state index in [1.54, 1.807) is 6.08 Å². The maximum atomic E-state index is 12.2. The van der Waals surface area contributed by atoms with Gasteiger partial charge in [-0.3, -0.25) is 4.79 Å². The van der Waals surface area contributed by atoms with E-state index >= 15 is 0 Å². The van der Waals surface area contributed by atoms with Crippen molar-refractivity contribution < 1.29 is 4.79 Å². The third-order valence-electron chi connectivity index (χ3n) is 3.43. The van der Waals surface area contributed by atoms with Crippen LogP contribution in [0.5, 0.6) is 0 Å². The van der Waals surface area contributed by atoms with Gasteiger partial charge in [0.2, 0.25) is 0 Å². The monoisotopic (exact) mass is 383 g/mol. The first kappa shape index (κ1) is 17.8. The molecule has 0 atom stereocenters. The van der Waals surface area contributed by atoms with Gasteiger partial charge in [-0.1, -0.05) is 36.4 Å². The van der Waals surface area contributed by atoms with Crippen LogP contribution in [-0.2, 0) is 11.3 Å². The second kappa shape index (κ2) is 8.32. The number of nitrogens with zero attached hydrogens (tertiary/aromatic N) is 2. The second-order valence-electron chi connectivity index (χ2n) is 5.44. The summed E-state index contributed by atoms with van der Waals surface area (Å²) >= 11 is 3.50. The smallest absolute Gasteiger partial charge is 0.262 e. The van der Waals surface area contributed by atoms with Gasteiger partial charge in [-0.05, 0) is 45.3 Å². The van der Waals surface area contributed by atoms with Crippen molar-refractivity contribution in [2.75, 3.05) is 19.0 Å². The van der Waals surface area contributed by atoms with E-state index in [1.807, 2.05) is 73.6 Å². The number of rotatable bonds is 5. The maximum Gasteiger partial charge on any atom is 0.262 e. The highest BCUT2D eigenvalue weighted by atomic mass is 79.9. The Kier molecular flexibility index (Phi) is 6.16.